The molecule has 0 aromatic heterocycles. The molecule has 0 spiro atoms. The molecule has 1 unspecified atom stereocenters. The summed E-state index contributed by atoms with van der Waals surface area (Å²) in [6.07, 6.45) is 5.80. The van der Waals surface area contributed by atoms with E-state index in [4.69, 9.17) is 4.74 Å². The third-order valence-corrected chi connectivity index (χ3v) is 5.11. The smallest absolute Gasteiger partial charge is 0.305 e. The predicted molar refractivity (Wildman–Crippen MR) is 108 cm³/mol. The van der Waals surface area contributed by atoms with Gasteiger partial charge in [0.05, 0.1) is 14.2 Å². The molecular weight excluding hydrogens is 342 g/mol. The number of carbonyl (C=O) groups is 1. The third-order valence-electron chi connectivity index (χ3n) is 5.11. The van der Waals surface area contributed by atoms with Crippen LogP contribution in [-0.4, -0.2) is 57.7 Å². The lowest BCUT2D eigenvalue weighted by molar-refractivity contribution is -0.140. The molecule has 1 aliphatic heterocycles. The summed E-state index contributed by atoms with van der Waals surface area (Å²) >= 11 is 0. The first-order chi connectivity index (χ1) is 13.2. The maximum Gasteiger partial charge on any atom is 0.305 e. The molecule has 1 aromatic carbocycles. The van der Waals surface area contributed by atoms with Gasteiger partial charge in [-0.3, -0.25) is 9.79 Å². The summed E-state index contributed by atoms with van der Waals surface area (Å²) in [6.45, 7) is 2.93. The van der Waals surface area contributed by atoms with Crippen LogP contribution in [0.1, 0.15) is 50.0 Å². The van der Waals surface area contributed by atoms with Crippen LogP contribution in [0.4, 0.5) is 0 Å². The minimum absolute atomic E-state index is 0.117. The van der Waals surface area contributed by atoms with Crippen molar-refractivity contribution in [2.24, 2.45) is 4.99 Å². The highest BCUT2D eigenvalue weighted by atomic mass is 16.5. The van der Waals surface area contributed by atoms with E-state index in [0.29, 0.717) is 12.3 Å². The fourth-order valence-corrected chi connectivity index (χ4v) is 3.48. The fraction of sp³-hybridized carbons (Fsp3) is 0.619. The average Bonchev–Trinajstić information content (AvgIpc) is 3.19. The summed E-state index contributed by atoms with van der Waals surface area (Å²) in [5.74, 6) is 2.31. The second-order valence-corrected chi connectivity index (χ2v) is 6.92. The molecule has 27 heavy (non-hydrogen) atoms. The van der Waals surface area contributed by atoms with Crippen molar-refractivity contribution >= 4 is 11.9 Å². The molecule has 1 saturated heterocycles. The minimum atomic E-state index is -0.117. The number of nitrogens with zero attached hydrogens (tertiary/aromatic N) is 2. The van der Waals surface area contributed by atoms with Gasteiger partial charge in [0.25, 0.3) is 0 Å². The second kappa shape index (κ2) is 11.5. The normalized spacial score (nSPS) is 17.1. The zero-order valence-electron chi connectivity index (χ0n) is 16.9. The van der Waals surface area contributed by atoms with Crippen molar-refractivity contribution < 1.29 is 14.3 Å². The number of guanidine groups is 1. The van der Waals surface area contributed by atoms with E-state index < -0.39 is 0 Å². The highest BCUT2D eigenvalue weighted by molar-refractivity contribution is 5.80. The number of hydrogen-bond acceptors (Lipinski definition) is 4. The number of benzene rings is 1. The van der Waals surface area contributed by atoms with E-state index in [1.807, 2.05) is 19.2 Å². The van der Waals surface area contributed by atoms with Crippen molar-refractivity contribution in [3.05, 3.63) is 29.8 Å². The highest BCUT2D eigenvalue weighted by Gasteiger charge is 2.25. The monoisotopic (exact) mass is 375 g/mol. The Morgan fingerprint density at radius 2 is 1.93 bits per heavy atom. The predicted octanol–water partition coefficient (Wildman–Crippen LogP) is 3.18. The van der Waals surface area contributed by atoms with Gasteiger partial charge < -0.3 is 19.7 Å². The summed E-state index contributed by atoms with van der Waals surface area (Å²) in [5.41, 5.74) is 1.36. The maximum atomic E-state index is 11.1. The van der Waals surface area contributed by atoms with Crippen LogP contribution in [-0.2, 0) is 9.53 Å². The molecule has 2 rings (SSSR count). The van der Waals surface area contributed by atoms with Gasteiger partial charge in [0.2, 0.25) is 0 Å². The molecule has 0 radical (unpaired) electrons. The van der Waals surface area contributed by atoms with Crippen molar-refractivity contribution in [2.45, 2.75) is 44.4 Å². The number of nitrogens with one attached hydrogen (secondary N) is 1. The maximum absolute atomic E-state index is 11.1. The standard InChI is InChI=1S/C21H33N3O3/c1-22-21(23-14-7-5-4-6-8-20(25)27-3)24-15-13-18(16-24)17-9-11-19(26-2)12-10-17/h9-12,18H,4-8,13-16H2,1-3H3,(H,22,23). The average molecular weight is 376 g/mol. The first kappa shape index (κ1) is 21.1. The van der Waals surface area contributed by atoms with Crippen molar-refractivity contribution in [1.82, 2.24) is 10.2 Å². The van der Waals surface area contributed by atoms with Gasteiger partial charge in [-0.25, -0.2) is 0 Å². The van der Waals surface area contributed by atoms with Gasteiger partial charge in [-0.15, -0.1) is 0 Å². The largest absolute Gasteiger partial charge is 0.497 e. The second-order valence-electron chi connectivity index (χ2n) is 6.92. The first-order valence-corrected chi connectivity index (χ1v) is 9.84. The summed E-state index contributed by atoms with van der Waals surface area (Å²) in [7, 11) is 4.98. The van der Waals surface area contributed by atoms with Crippen molar-refractivity contribution in [3.8, 4) is 5.75 Å². The van der Waals surface area contributed by atoms with E-state index in [0.717, 1.165) is 63.4 Å². The SMILES string of the molecule is CN=C(NCCCCCCC(=O)OC)N1CCC(c2ccc(OC)cc2)C1. The van der Waals surface area contributed by atoms with Crippen LogP contribution < -0.4 is 10.1 Å². The quantitative estimate of drug-likeness (QED) is 0.311. The molecule has 1 atom stereocenters. The van der Waals surface area contributed by atoms with Crippen LogP contribution in [0.5, 0.6) is 5.75 Å². The van der Waals surface area contributed by atoms with Crippen LogP contribution in [0.15, 0.2) is 29.3 Å². The Balaban J connectivity index is 1.67. The number of rotatable bonds is 9. The van der Waals surface area contributed by atoms with E-state index in [-0.39, 0.29) is 5.97 Å². The number of aliphatic imine (C=N–C) groups is 1. The molecule has 1 aliphatic rings. The lowest BCUT2D eigenvalue weighted by Crippen LogP contribution is -2.40. The highest BCUT2D eigenvalue weighted by Crippen LogP contribution is 2.28. The molecule has 1 fully saturated rings. The van der Waals surface area contributed by atoms with E-state index in [1.165, 1.54) is 12.7 Å². The Morgan fingerprint density at radius 1 is 1.19 bits per heavy atom. The topological polar surface area (TPSA) is 63.2 Å². The number of ether oxygens (including phenoxy) is 2. The first-order valence-electron chi connectivity index (χ1n) is 9.84. The van der Waals surface area contributed by atoms with E-state index >= 15 is 0 Å². The van der Waals surface area contributed by atoms with Crippen molar-refractivity contribution in [2.75, 3.05) is 40.9 Å². The number of methoxy groups -OCH3 is 2. The molecule has 150 valence electrons. The molecule has 1 aromatic rings. The molecule has 0 saturated carbocycles. The van der Waals surface area contributed by atoms with E-state index in [9.17, 15) is 4.79 Å². The lowest BCUT2D eigenvalue weighted by Gasteiger charge is -2.22. The summed E-state index contributed by atoms with van der Waals surface area (Å²) in [6, 6.07) is 8.39. The van der Waals surface area contributed by atoms with E-state index in [1.54, 1.807) is 7.11 Å². The van der Waals surface area contributed by atoms with Crippen LogP contribution >= 0.6 is 0 Å². The van der Waals surface area contributed by atoms with Gasteiger partial charge >= 0.3 is 5.97 Å². The Morgan fingerprint density at radius 3 is 2.59 bits per heavy atom. The van der Waals surface area contributed by atoms with Crippen molar-refractivity contribution in [1.29, 1.82) is 0 Å². The van der Waals surface area contributed by atoms with Crippen LogP contribution in [0.3, 0.4) is 0 Å². The summed E-state index contributed by atoms with van der Waals surface area (Å²) < 4.78 is 9.90. The number of esters is 1. The minimum Gasteiger partial charge on any atom is -0.497 e. The zero-order chi connectivity index (χ0) is 19.5. The Bertz CT molecular complexity index is 601. The van der Waals surface area contributed by atoms with E-state index in [2.05, 4.69) is 32.1 Å². The Labute approximate surface area is 162 Å². The molecule has 1 N–H and O–H groups in total. The molecular formula is C21H33N3O3. The van der Waals surface area contributed by atoms with Crippen LogP contribution in [0.2, 0.25) is 0 Å². The molecule has 1 heterocycles. The molecule has 0 aliphatic carbocycles. The Kier molecular flexibility index (Phi) is 8.95. The van der Waals surface area contributed by atoms with Crippen LogP contribution in [0, 0.1) is 0 Å². The summed E-state index contributed by atoms with van der Waals surface area (Å²) in [5, 5.41) is 3.48. The van der Waals surface area contributed by atoms with Gasteiger partial charge in [0, 0.05) is 39.0 Å². The zero-order valence-corrected chi connectivity index (χ0v) is 16.9. The fourth-order valence-electron chi connectivity index (χ4n) is 3.48. The van der Waals surface area contributed by atoms with Crippen molar-refractivity contribution in [3.63, 3.8) is 0 Å². The molecule has 6 heteroatoms. The molecule has 0 bridgehead atoms. The van der Waals surface area contributed by atoms with Crippen LogP contribution in [0.25, 0.3) is 0 Å². The summed E-state index contributed by atoms with van der Waals surface area (Å²) in [4.78, 5) is 17.9. The lowest BCUT2D eigenvalue weighted by atomic mass is 9.98. The van der Waals surface area contributed by atoms with Gasteiger partial charge in [-0.05, 0) is 37.0 Å². The molecule has 6 nitrogen and oxygen atoms in total. The van der Waals surface area contributed by atoms with Gasteiger partial charge in [-0.1, -0.05) is 25.0 Å². The van der Waals surface area contributed by atoms with Gasteiger partial charge in [0.1, 0.15) is 5.75 Å². The van der Waals surface area contributed by atoms with Gasteiger partial charge in [0.15, 0.2) is 5.96 Å². The molecule has 0 amide bonds. The number of likely N-dealkylation sites (tertiary alicyclic amines) is 1. The number of unbranched alkanes of at least 4 members (excludes halogenated alkanes) is 3. The third kappa shape index (κ3) is 6.77. The Hall–Kier alpha value is -2.24. The number of carbonyl (C=O) groups excluding carboxylic acids is 1. The van der Waals surface area contributed by atoms with Gasteiger partial charge in [-0.2, -0.15) is 0 Å². The number of hydrogen-bond donors (Lipinski definition) is 1.